The molecule has 7 nitrogen and oxygen atoms in total. The maximum Gasteiger partial charge on any atom is 0.323 e. The number of sulfonamides is 1. The molecule has 1 aromatic rings. The third kappa shape index (κ3) is 4.59. The number of carbonyl (C=O) groups excluding carboxylic acids is 1. The van der Waals surface area contributed by atoms with Gasteiger partial charge in [-0.2, -0.15) is 0 Å². The molecule has 1 heterocycles. The van der Waals surface area contributed by atoms with E-state index in [0.717, 1.165) is 4.90 Å². The van der Waals surface area contributed by atoms with Crippen LogP contribution >= 0.6 is 0 Å². The Balaban J connectivity index is 2.20. The molecule has 1 aromatic carbocycles. The van der Waals surface area contributed by atoms with Crippen LogP contribution < -0.4 is 0 Å². The molecule has 0 radical (unpaired) electrons. The summed E-state index contributed by atoms with van der Waals surface area (Å²) in [6, 6.07) is 3.70. The lowest BCUT2D eigenvalue weighted by molar-refractivity contribution is -0.138. The van der Waals surface area contributed by atoms with Crippen molar-refractivity contribution in [2.75, 3.05) is 25.4 Å². The van der Waals surface area contributed by atoms with Crippen molar-refractivity contribution in [2.24, 2.45) is 0 Å². The molecule has 0 unspecified atom stereocenters. The van der Waals surface area contributed by atoms with Crippen LogP contribution in [-0.4, -0.2) is 66.0 Å². The molecule has 0 aromatic heterocycles. The molecular formula is C17H23FN2O5S. The zero-order valence-electron chi connectivity index (χ0n) is 14.8. The second-order valence-corrected chi connectivity index (χ2v) is 8.60. The zero-order chi connectivity index (χ0) is 19.5. The molecule has 0 aliphatic carbocycles. The van der Waals surface area contributed by atoms with E-state index in [9.17, 15) is 22.4 Å². The fraction of sp³-hybridized carbons (Fsp3) is 0.529. The van der Waals surface area contributed by atoms with Crippen LogP contribution in [0.1, 0.15) is 35.7 Å². The average molecular weight is 386 g/mol. The fourth-order valence-corrected chi connectivity index (χ4v) is 4.21. The van der Waals surface area contributed by atoms with Gasteiger partial charge in [0.2, 0.25) is 10.0 Å². The van der Waals surface area contributed by atoms with Gasteiger partial charge < -0.3 is 10.0 Å². The summed E-state index contributed by atoms with van der Waals surface area (Å²) in [7, 11) is -3.32. The first-order valence-corrected chi connectivity index (χ1v) is 10.0. The Hall–Kier alpha value is -2.00. The third-order valence-electron chi connectivity index (χ3n) is 4.54. The predicted octanol–water partition coefficient (Wildman–Crippen LogP) is 1.48. The molecule has 1 fully saturated rings. The topological polar surface area (TPSA) is 95.0 Å². The summed E-state index contributed by atoms with van der Waals surface area (Å²) in [5, 5.41) is 9.15. The quantitative estimate of drug-likeness (QED) is 0.799. The number of rotatable bonds is 6. The Morgan fingerprint density at radius 2 is 1.92 bits per heavy atom. The highest BCUT2D eigenvalue weighted by molar-refractivity contribution is 7.89. The van der Waals surface area contributed by atoms with E-state index < -0.39 is 40.3 Å². The van der Waals surface area contributed by atoms with Crippen molar-refractivity contribution in [1.82, 2.24) is 9.21 Å². The molecule has 0 spiro atoms. The number of aliphatic carboxylic acids is 1. The van der Waals surface area contributed by atoms with Gasteiger partial charge in [-0.25, -0.2) is 17.1 Å². The predicted molar refractivity (Wildman–Crippen MR) is 93.9 cm³/mol. The van der Waals surface area contributed by atoms with Crippen molar-refractivity contribution in [3.8, 4) is 0 Å². The summed E-state index contributed by atoms with van der Waals surface area (Å²) < 4.78 is 39.4. The van der Waals surface area contributed by atoms with Crippen molar-refractivity contribution >= 4 is 21.9 Å². The van der Waals surface area contributed by atoms with Gasteiger partial charge in [0.05, 0.1) is 11.3 Å². The number of aryl methyl sites for hydroxylation is 1. The van der Waals surface area contributed by atoms with Crippen LogP contribution in [0.25, 0.3) is 0 Å². The van der Waals surface area contributed by atoms with Gasteiger partial charge in [0.1, 0.15) is 12.4 Å². The molecule has 9 heteroatoms. The second-order valence-electron chi connectivity index (χ2n) is 6.34. The highest BCUT2D eigenvalue weighted by Gasteiger charge is 2.33. The van der Waals surface area contributed by atoms with Crippen LogP contribution in [0.5, 0.6) is 0 Å². The van der Waals surface area contributed by atoms with Crippen LogP contribution in [0.15, 0.2) is 18.2 Å². The third-order valence-corrected chi connectivity index (χ3v) is 6.43. The number of benzene rings is 1. The largest absolute Gasteiger partial charge is 0.480 e. The summed E-state index contributed by atoms with van der Waals surface area (Å²) >= 11 is 0. The van der Waals surface area contributed by atoms with E-state index in [4.69, 9.17) is 5.11 Å². The molecule has 0 saturated carbocycles. The van der Waals surface area contributed by atoms with Crippen molar-refractivity contribution in [3.05, 3.63) is 35.1 Å². The summed E-state index contributed by atoms with van der Waals surface area (Å²) in [5.41, 5.74) is 0.474. The van der Waals surface area contributed by atoms with Gasteiger partial charge in [-0.05, 0) is 44.4 Å². The minimum atomic E-state index is -3.32. The van der Waals surface area contributed by atoms with Crippen LogP contribution in [0.4, 0.5) is 4.39 Å². The number of halogens is 1. The van der Waals surface area contributed by atoms with Crippen molar-refractivity contribution < 1.29 is 27.5 Å². The molecule has 1 saturated heterocycles. The Morgan fingerprint density at radius 1 is 1.31 bits per heavy atom. The van der Waals surface area contributed by atoms with Gasteiger partial charge in [-0.3, -0.25) is 9.59 Å². The number of carbonyl (C=O) groups is 2. The monoisotopic (exact) mass is 386 g/mol. The fourth-order valence-electron chi connectivity index (χ4n) is 3.08. The van der Waals surface area contributed by atoms with E-state index in [1.165, 1.54) is 16.4 Å². The second kappa shape index (κ2) is 8.13. The summed E-state index contributed by atoms with van der Waals surface area (Å²) in [6.07, 6.45) is 0.622. The van der Waals surface area contributed by atoms with Gasteiger partial charge in [0, 0.05) is 19.1 Å². The molecule has 1 aliphatic heterocycles. The Kier molecular flexibility index (Phi) is 6.35. The lowest BCUT2D eigenvalue weighted by Crippen LogP contribution is -2.50. The number of piperidine rings is 1. The van der Waals surface area contributed by atoms with E-state index in [2.05, 4.69) is 0 Å². The summed E-state index contributed by atoms with van der Waals surface area (Å²) in [5.74, 6) is -2.60. The zero-order valence-corrected chi connectivity index (χ0v) is 15.6. The van der Waals surface area contributed by atoms with Crippen molar-refractivity contribution in [2.45, 2.75) is 32.7 Å². The number of nitrogens with zero attached hydrogens (tertiary/aromatic N) is 2. The van der Waals surface area contributed by atoms with E-state index in [0.29, 0.717) is 18.4 Å². The lowest BCUT2D eigenvalue weighted by atomic mass is 10.0. The normalized spacial score (nSPS) is 16.4. The first kappa shape index (κ1) is 20.3. The van der Waals surface area contributed by atoms with E-state index in [1.807, 2.05) is 0 Å². The van der Waals surface area contributed by atoms with Gasteiger partial charge in [-0.15, -0.1) is 0 Å². The highest BCUT2D eigenvalue weighted by atomic mass is 32.2. The Morgan fingerprint density at radius 3 is 2.42 bits per heavy atom. The smallest absolute Gasteiger partial charge is 0.323 e. The number of carboxylic acid groups (broad SMARTS) is 1. The van der Waals surface area contributed by atoms with Crippen LogP contribution in [0, 0.1) is 12.7 Å². The highest BCUT2D eigenvalue weighted by Crippen LogP contribution is 2.22. The standard InChI is InChI=1S/C17H23FN2O5S/c1-3-26(24,25)19-8-6-13(7-9-19)20(11-16(21)22)17(23)14-5-4-12(2)10-15(14)18/h4-5,10,13H,3,6-9,11H2,1-2H3,(H,21,22). The maximum atomic E-state index is 14.1. The van der Waals surface area contributed by atoms with Gasteiger partial charge >= 0.3 is 5.97 Å². The lowest BCUT2D eigenvalue weighted by Gasteiger charge is -2.37. The number of hydrogen-bond acceptors (Lipinski definition) is 4. The molecule has 1 aliphatic rings. The minimum absolute atomic E-state index is 0.00991. The molecule has 1 amide bonds. The molecule has 144 valence electrons. The molecule has 0 bridgehead atoms. The Bertz CT molecular complexity index is 788. The van der Waals surface area contributed by atoms with Crippen LogP contribution in [-0.2, 0) is 14.8 Å². The number of amides is 1. The number of carboxylic acids is 1. The number of hydrogen-bond donors (Lipinski definition) is 1. The van der Waals surface area contributed by atoms with Crippen molar-refractivity contribution in [3.63, 3.8) is 0 Å². The van der Waals surface area contributed by atoms with Gasteiger partial charge in [0.15, 0.2) is 0 Å². The maximum absolute atomic E-state index is 14.1. The van der Waals surface area contributed by atoms with Crippen LogP contribution in [0.2, 0.25) is 0 Å². The first-order valence-electron chi connectivity index (χ1n) is 8.42. The summed E-state index contributed by atoms with van der Waals surface area (Å²) in [6.45, 7) is 3.11. The molecular weight excluding hydrogens is 363 g/mol. The average Bonchev–Trinajstić information content (AvgIpc) is 2.59. The minimum Gasteiger partial charge on any atom is -0.480 e. The van der Waals surface area contributed by atoms with E-state index >= 15 is 0 Å². The molecule has 26 heavy (non-hydrogen) atoms. The van der Waals surface area contributed by atoms with Crippen LogP contribution in [0.3, 0.4) is 0 Å². The van der Waals surface area contributed by atoms with Gasteiger partial charge in [-0.1, -0.05) is 6.07 Å². The molecule has 0 atom stereocenters. The van der Waals surface area contributed by atoms with E-state index in [-0.39, 0.29) is 24.4 Å². The molecule has 1 N–H and O–H groups in total. The van der Waals surface area contributed by atoms with Crippen molar-refractivity contribution in [1.29, 1.82) is 0 Å². The van der Waals surface area contributed by atoms with Gasteiger partial charge in [0.25, 0.3) is 5.91 Å². The molecule has 2 rings (SSSR count). The summed E-state index contributed by atoms with van der Waals surface area (Å²) in [4.78, 5) is 25.1. The Labute approximate surface area is 152 Å². The first-order chi connectivity index (χ1) is 12.2. The SMILES string of the molecule is CCS(=O)(=O)N1CCC(N(CC(=O)O)C(=O)c2ccc(C)cc2F)CC1. The van der Waals surface area contributed by atoms with E-state index in [1.54, 1.807) is 19.9 Å².